The lowest BCUT2D eigenvalue weighted by Crippen LogP contribution is -2.41. The Labute approximate surface area is 163 Å². The quantitative estimate of drug-likeness (QED) is 0.831. The van der Waals surface area contributed by atoms with E-state index in [1.54, 1.807) is 27.0 Å². The van der Waals surface area contributed by atoms with Crippen molar-refractivity contribution in [1.82, 2.24) is 15.1 Å². The number of hydrogen-bond donors (Lipinski definition) is 1. The van der Waals surface area contributed by atoms with Gasteiger partial charge in [-0.3, -0.25) is 4.68 Å². The fourth-order valence-corrected chi connectivity index (χ4v) is 3.36. The summed E-state index contributed by atoms with van der Waals surface area (Å²) < 4.78 is 32.7. The number of carbonyl (C=O) groups excluding carboxylic acids is 1. The van der Waals surface area contributed by atoms with Gasteiger partial charge in [-0.05, 0) is 32.8 Å². The van der Waals surface area contributed by atoms with Gasteiger partial charge in [0.1, 0.15) is 12.1 Å². The highest BCUT2D eigenvalue weighted by Crippen LogP contribution is 2.35. The Balaban J connectivity index is 1.84. The van der Waals surface area contributed by atoms with Gasteiger partial charge in [-0.1, -0.05) is 30.3 Å². The van der Waals surface area contributed by atoms with Crippen molar-refractivity contribution in [2.24, 2.45) is 0 Å². The van der Waals surface area contributed by atoms with Crippen molar-refractivity contribution in [1.29, 1.82) is 0 Å². The number of halogens is 2. The van der Waals surface area contributed by atoms with Gasteiger partial charge in [-0.25, -0.2) is 13.6 Å². The summed E-state index contributed by atoms with van der Waals surface area (Å²) >= 11 is 0. The van der Waals surface area contributed by atoms with Crippen molar-refractivity contribution < 1.29 is 18.3 Å². The number of ether oxygens (including phenoxy) is 1. The summed E-state index contributed by atoms with van der Waals surface area (Å²) in [7, 11) is 0. The van der Waals surface area contributed by atoms with Gasteiger partial charge in [0, 0.05) is 13.1 Å². The van der Waals surface area contributed by atoms with Gasteiger partial charge in [0.05, 0.1) is 23.6 Å². The number of alkyl halides is 2. The molecular formula is C20H26F2N4O2. The number of aromatic nitrogens is 2. The summed E-state index contributed by atoms with van der Waals surface area (Å²) in [6, 6.07) is 9.49. The highest BCUT2D eigenvalue weighted by Gasteiger charge is 2.32. The molecule has 6 nitrogen and oxygen atoms in total. The van der Waals surface area contributed by atoms with Crippen molar-refractivity contribution in [2.45, 2.75) is 58.3 Å². The zero-order valence-electron chi connectivity index (χ0n) is 16.4. The summed E-state index contributed by atoms with van der Waals surface area (Å²) in [4.78, 5) is 14.3. The second kappa shape index (κ2) is 8.16. The predicted molar refractivity (Wildman–Crippen MR) is 102 cm³/mol. The maximum atomic E-state index is 13.0. The molecular weight excluding hydrogens is 366 g/mol. The maximum absolute atomic E-state index is 13.0. The summed E-state index contributed by atoms with van der Waals surface area (Å²) in [5.41, 5.74) is 1.84. The van der Waals surface area contributed by atoms with Crippen LogP contribution >= 0.6 is 0 Å². The fraction of sp³-hybridized carbons (Fsp3) is 0.500. The Morgan fingerprint density at radius 1 is 1.32 bits per heavy atom. The van der Waals surface area contributed by atoms with Crippen LogP contribution in [0.15, 0.2) is 36.5 Å². The van der Waals surface area contributed by atoms with E-state index in [-0.39, 0.29) is 0 Å². The highest BCUT2D eigenvalue weighted by atomic mass is 19.3. The first kappa shape index (κ1) is 20.1. The lowest BCUT2D eigenvalue weighted by Gasteiger charge is -2.34. The number of carbonyl (C=O) groups is 1. The number of hydrogen-bond acceptors (Lipinski definition) is 4. The van der Waals surface area contributed by atoms with Crippen LogP contribution in [0, 0.1) is 0 Å². The third-order valence-corrected chi connectivity index (χ3v) is 4.44. The minimum absolute atomic E-state index is 0.432. The Bertz CT molecular complexity index is 802. The van der Waals surface area contributed by atoms with E-state index in [2.05, 4.69) is 15.3 Å². The first-order valence-electron chi connectivity index (χ1n) is 9.35. The largest absolute Gasteiger partial charge is 0.444 e. The minimum atomic E-state index is -2.53. The predicted octanol–water partition coefficient (Wildman–Crippen LogP) is 4.12. The normalized spacial score (nSPS) is 16.8. The fourth-order valence-electron chi connectivity index (χ4n) is 3.36. The Morgan fingerprint density at radius 2 is 2.04 bits per heavy atom. The lowest BCUT2D eigenvalue weighted by molar-refractivity contribution is 0.0496. The third kappa shape index (κ3) is 4.99. The van der Waals surface area contributed by atoms with Gasteiger partial charge in [0.2, 0.25) is 0 Å². The average molecular weight is 392 g/mol. The molecule has 1 aliphatic rings. The summed E-state index contributed by atoms with van der Waals surface area (Å²) in [6.07, 6.45) is -0.919. The summed E-state index contributed by atoms with van der Waals surface area (Å²) in [5.74, 6) is 0. The van der Waals surface area contributed by atoms with Crippen LogP contribution in [0.25, 0.3) is 0 Å². The molecule has 0 fully saturated rings. The van der Waals surface area contributed by atoms with E-state index in [1.165, 1.54) is 4.68 Å². The van der Waals surface area contributed by atoms with Crippen LogP contribution in [0.5, 0.6) is 0 Å². The number of benzene rings is 1. The molecule has 0 bridgehead atoms. The SMILES string of the molecule is CC(C)(C)OC(=O)NC1CCN(Cc2ccccc2)c2cnn(CC(F)F)c21. The molecule has 1 unspecified atom stereocenters. The molecule has 28 heavy (non-hydrogen) atoms. The van der Waals surface area contributed by atoms with Crippen molar-refractivity contribution in [3.8, 4) is 0 Å². The molecule has 1 aromatic carbocycles. The van der Waals surface area contributed by atoms with E-state index in [1.807, 2.05) is 30.3 Å². The first-order valence-corrected chi connectivity index (χ1v) is 9.35. The number of alkyl carbamates (subject to hydrolysis) is 1. The highest BCUT2D eigenvalue weighted by molar-refractivity contribution is 5.69. The Hall–Kier alpha value is -2.64. The molecule has 0 saturated carbocycles. The van der Waals surface area contributed by atoms with Gasteiger partial charge in [-0.15, -0.1) is 0 Å². The number of nitrogens with zero attached hydrogens (tertiary/aromatic N) is 3. The van der Waals surface area contributed by atoms with E-state index >= 15 is 0 Å². The molecule has 3 rings (SSSR count). The van der Waals surface area contributed by atoms with Gasteiger partial charge < -0.3 is 15.0 Å². The van der Waals surface area contributed by atoms with Crippen molar-refractivity contribution >= 4 is 11.8 Å². The van der Waals surface area contributed by atoms with Gasteiger partial charge in [-0.2, -0.15) is 5.10 Å². The molecule has 0 aliphatic carbocycles. The molecule has 1 atom stereocenters. The molecule has 152 valence electrons. The summed E-state index contributed by atoms with van der Waals surface area (Å²) in [6.45, 7) is 6.14. The number of amides is 1. The molecule has 1 aromatic heterocycles. The van der Waals surface area contributed by atoms with Crippen LogP contribution in [-0.4, -0.2) is 34.4 Å². The maximum Gasteiger partial charge on any atom is 0.408 e. The second-order valence-corrected chi connectivity index (χ2v) is 7.88. The van der Waals surface area contributed by atoms with Crippen LogP contribution in [0.3, 0.4) is 0 Å². The molecule has 1 N–H and O–H groups in total. The smallest absolute Gasteiger partial charge is 0.408 e. The van der Waals surface area contributed by atoms with Gasteiger partial charge in [0.15, 0.2) is 0 Å². The molecule has 1 amide bonds. The minimum Gasteiger partial charge on any atom is -0.444 e. The molecule has 0 radical (unpaired) electrons. The average Bonchev–Trinajstić information content (AvgIpc) is 3.00. The Morgan fingerprint density at radius 3 is 2.68 bits per heavy atom. The monoisotopic (exact) mass is 392 g/mol. The van der Waals surface area contributed by atoms with E-state index in [4.69, 9.17) is 4.74 Å². The van der Waals surface area contributed by atoms with E-state index in [9.17, 15) is 13.6 Å². The van der Waals surface area contributed by atoms with E-state index < -0.39 is 30.7 Å². The number of fused-ring (bicyclic) bond motifs is 1. The molecule has 0 saturated heterocycles. The molecule has 8 heteroatoms. The van der Waals surface area contributed by atoms with Crippen LogP contribution in [0.1, 0.15) is 44.5 Å². The van der Waals surface area contributed by atoms with Crippen molar-refractivity contribution in [3.63, 3.8) is 0 Å². The standard InChI is InChI=1S/C20H26F2N4O2/c1-20(2,3)28-19(27)24-15-9-10-25(12-14-7-5-4-6-8-14)16-11-23-26(18(15)16)13-17(21)22/h4-8,11,15,17H,9-10,12-13H2,1-3H3,(H,24,27). The van der Waals surface area contributed by atoms with E-state index in [0.717, 1.165) is 11.3 Å². The van der Waals surface area contributed by atoms with Crippen LogP contribution in [-0.2, 0) is 17.8 Å². The number of rotatable bonds is 5. The summed E-state index contributed by atoms with van der Waals surface area (Å²) in [5, 5.41) is 6.99. The lowest BCUT2D eigenvalue weighted by atomic mass is 10.0. The Kier molecular flexibility index (Phi) is 5.86. The second-order valence-electron chi connectivity index (χ2n) is 7.88. The van der Waals surface area contributed by atoms with Crippen molar-refractivity contribution in [3.05, 3.63) is 47.8 Å². The first-order chi connectivity index (χ1) is 13.2. The molecule has 0 spiro atoms. The van der Waals surface area contributed by atoms with Crippen LogP contribution < -0.4 is 10.2 Å². The van der Waals surface area contributed by atoms with E-state index in [0.29, 0.717) is 25.2 Å². The molecule has 2 heterocycles. The van der Waals surface area contributed by atoms with Gasteiger partial charge >= 0.3 is 6.09 Å². The van der Waals surface area contributed by atoms with Crippen LogP contribution in [0.2, 0.25) is 0 Å². The van der Waals surface area contributed by atoms with Crippen molar-refractivity contribution in [2.75, 3.05) is 11.4 Å². The third-order valence-electron chi connectivity index (χ3n) is 4.44. The number of nitrogens with one attached hydrogen (secondary N) is 1. The molecule has 2 aromatic rings. The zero-order chi connectivity index (χ0) is 20.3. The van der Waals surface area contributed by atoms with Crippen LogP contribution in [0.4, 0.5) is 19.3 Å². The topological polar surface area (TPSA) is 59.4 Å². The van der Waals surface area contributed by atoms with Gasteiger partial charge in [0.25, 0.3) is 6.43 Å². The molecule has 1 aliphatic heterocycles. The number of anilines is 1. The zero-order valence-corrected chi connectivity index (χ0v) is 16.4.